The van der Waals surface area contributed by atoms with E-state index < -0.39 is 0 Å². The number of hydrogen-bond donors (Lipinski definition) is 0. The van der Waals surface area contributed by atoms with E-state index in [4.69, 9.17) is 9.47 Å². The summed E-state index contributed by atoms with van der Waals surface area (Å²) in [5.41, 5.74) is 3.10. The fourth-order valence-corrected chi connectivity index (χ4v) is 3.92. The van der Waals surface area contributed by atoms with Gasteiger partial charge in [-0.2, -0.15) is 0 Å². The average Bonchev–Trinajstić information content (AvgIpc) is 3.24. The molecule has 4 heterocycles. The van der Waals surface area contributed by atoms with Gasteiger partial charge in [-0.15, -0.1) is 11.3 Å². The molecule has 0 aromatic carbocycles. The van der Waals surface area contributed by atoms with Crippen LogP contribution < -0.4 is 0 Å². The molecule has 0 bridgehead atoms. The number of thiazole rings is 1. The van der Waals surface area contributed by atoms with Gasteiger partial charge in [0.1, 0.15) is 11.3 Å². The van der Waals surface area contributed by atoms with E-state index in [1.807, 2.05) is 17.0 Å². The smallest absolute Gasteiger partial charge is 0.273 e. The van der Waals surface area contributed by atoms with Crippen LogP contribution in [0.25, 0.3) is 0 Å². The zero-order valence-corrected chi connectivity index (χ0v) is 14.1. The Morgan fingerprint density at radius 2 is 2.25 bits per heavy atom. The molecule has 2 aromatic rings. The highest BCUT2D eigenvalue weighted by molar-refractivity contribution is 7.07. The quantitative estimate of drug-likeness (QED) is 0.829. The largest absolute Gasteiger partial charge is 0.376 e. The summed E-state index contributed by atoms with van der Waals surface area (Å²) in [6, 6.07) is 3.91. The Labute approximate surface area is 144 Å². The van der Waals surface area contributed by atoms with Crippen LogP contribution in [0.4, 0.5) is 0 Å². The maximum absolute atomic E-state index is 12.3. The fraction of sp³-hybridized carbons (Fsp3) is 0.471. The number of pyridine rings is 1. The lowest BCUT2D eigenvalue weighted by Gasteiger charge is -2.49. The first-order chi connectivity index (χ1) is 11.8. The number of aromatic nitrogens is 2. The maximum Gasteiger partial charge on any atom is 0.273 e. The number of likely N-dealkylation sites (tertiary alicyclic amines) is 1. The second-order valence-corrected chi connectivity index (χ2v) is 7.02. The number of rotatable bonds is 5. The Morgan fingerprint density at radius 1 is 1.42 bits per heavy atom. The number of carbonyl (C=O) groups excluding carboxylic acids is 1. The van der Waals surface area contributed by atoms with E-state index in [0.717, 1.165) is 18.6 Å². The minimum atomic E-state index is -0.232. The lowest BCUT2D eigenvalue weighted by atomic mass is 9.81. The Morgan fingerprint density at radius 3 is 3.00 bits per heavy atom. The third-order valence-corrected chi connectivity index (χ3v) is 5.38. The minimum Gasteiger partial charge on any atom is -0.376 e. The van der Waals surface area contributed by atoms with E-state index in [0.29, 0.717) is 37.9 Å². The number of hydrogen-bond acceptors (Lipinski definition) is 6. The number of amides is 1. The zero-order valence-electron chi connectivity index (χ0n) is 13.3. The van der Waals surface area contributed by atoms with Crippen molar-refractivity contribution in [1.82, 2.24) is 14.9 Å². The van der Waals surface area contributed by atoms with Crippen molar-refractivity contribution >= 4 is 17.2 Å². The van der Waals surface area contributed by atoms with Crippen LogP contribution in [-0.4, -0.2) is 52.7 Å². The van der Waals surface area contributed by atoms with Crippen LogP contribution in [0.3, 0.4) is 0 Å². The van der Waals surface area contributed by atoms with E-state index in [9.17, 15) is 4.79 Å². The molecule has 4 rings (SSSR count). The summed E-state index contributed by atoms with van der Waals surface area (Å²) in [5, 5.41) is 1.79. The van der Waals surface area contributed by atoms with Crippen molar-refractivity contribution in [1.29, 1.82) is 0 Å². The van der Waals surface area contributed by atoms with Crippen LogP contribution in [-0.2, 0) is 16.1 Å². The summed E-state index contributed by atoms with van der Waals surface area (Å²) in [7, 11) is 0. The van der Waals surface area contributed by atoms with Crippen molar-refractivity contribution in [3.8, 4) is 0 Å². The Kier molecular flexibility index (Phi) is 4.30. The lowest BCUT2D eigenvalue weighted by molar-refractivity contribution is -0.129. The predicted octanol–water partition coefficient (Wildman–Crippen LogP) is 1.99. The first-order valence-electron chi connectivity index (χ1n) is 8.05. The monoisotopic (exact) mass is 345 g/mol. The highest BCUT2D eigenvalue weighted by atomic mass is 32.1. The van der Waals surface area contributed by atoms with Crippen LogP contribution >= 0.6 is 11.3 Å². The molecule has 0 saturated carbocycles. The summed E-state index contributed by atoms with van der Waals surface area (Å²) in [4.78, 5) is 22.2. The topological polar surface area (TPSA) is 64.6 Å². The summed E-state index contributed by atoms with van der Waals surface area (Å²) in [6.07, 6.45) is 4.52. The van der Waals surface area contributed by atoms with Gasteiger partial charge in [0.2, 0.25) is 0 Å². The van der Waals surface area contributed by atoms with Crippen molar-refractivity contribution in [3.63, 3.8) is 0 Å². The van der Waals surface area contributed by atoms with Crippen molar-refractivity contribution in [2.45, 2.75) is 18.6 Å². The van der Waals surface area contributed by atoms with E-state index in [-0.39, 0.29) is 11.5 Å². The second kappa shape index (κ2) is 6.58. The summed E-state index contributed by atoms with van der Waals surface area (Å²) >= 11 is 1.44. The Balaban J connectivity index is 1.30. The van der Waals surface area contributed by atoms with Crippen LogP contribution in [0.5, 0.6) is 0 Å². The molecular formula is C17H19N3O3S. The van der Waals surface area contributed by atoms with Crippen LogP contribution in [0, 0.1) is 5.92 Å². The minimum absolute atomic E-state index is 0.00571. The summed E-state index contributed by atoms with van der Waals surface area (Å²) < 4.78 is 11.9. The van der Waals surface area contributed by atoms with Gasteiger partial charge in [-0.05, 0) is 24.1 Å². The van der Waals surface area contributed by atoms with Crippen molar-refractivity contribution in [3.05, 3.63) is 46.7 Å². The zero-order chi connectivity index (χ0) is 16.4. The summed E-state index contributed by atoms with van der Waals surface area (Å²) in [5.74, 6) is 0.327. The molecule has 2 aromatic heterocycles. The normalized spacial score (nSPS) is 21.8. The molecule has 0 unspecified atom stereocenters. The number of carbonyl (C=O) groups is 1. The molecule has 126 valence electrons. The highest BCUT2D eigenvalue weighted by Gasteiger charge is 2.54. The standard InChI is InChI=1S/C17H19N3O3S/c21-16(15-9-24-12-19-15)20-10-17(11-20)14(3-6-23-17)8-22-7-13-1-4-18-5-2-13/h1-2,4-5,9,12,14H,3,6-8,10-11H2/t14-/m0/s1. The van der Waals surface area contributed by atoms with Crippen LogP contribution in [0.15, 0.2) is 35.4 Å². The van der Waals surface area contributed by atoms with Gasteiger partial charge in [0.15, 0.2) is 0 Å². The summed E-state index contributed by atoms with van der Waals surface area (Å²) in [6.45, 7) is 3.24. The first kappa shape index (κ1) is 15.7. The molecule has 2 fully saturated rings. The number of nitrogens with zero attached hydrogens (tertiary/aromatic N) is 3. The van der Waals surface area contributed by atoms with Gasteiger partial charge >= 0.3 is 0 Å². The van der Waals surface area contributed by atoms with Gasteiger partial charge < -0.3 is 14.4 Å². The molecule has 2 saturated heterocycles. The van der Waals surface area contributed by atoms with Gasteiger partial charge in [-0.3, -0.25) is 9.78 Å². The van der Waals surface area contributed by atoms with Crippen LogP contribution in [0.1, 0.15) is 22.5 Å². The van der Waals surface area contributed by atoms with E-state index in [1.165, 1.54) is 11.3 Å². The van der Waals surface area contributed by atoms with Gasteiger partial charge in [-0.1, -0.05) is 0 Å². The molecule has 24 heavy (non-hydrogen) atoms. The van der Waals surface area contributed by atoms with Gasteiger partial charge in [-0.25, -0.2) is 4.98 Å². The average molecular weight is 345 g/mol. The fourth-order valence-electron chi connectivity index (χ4n) is 3.39. The van der Waals surface area contributed by atoms with E-state index >= 15 is 0 Å². The molecule has 1 amide bonds. The molecule has 0 radical (unpaired) electrons. The van der Waals surface area contributed by atoms with Gasteiger partial charge in [0.05, 0.1) is 31.8 Å². The third-order valence-electron chi connectivity index (χ3n) is 4.79. The van der Waals surface area contributed by atoms with Crippen molar-refractivity contribution in [2.75, 3.05) is 26.3 Å². The molecule has 0 aliphatic carbocycles. The molecule has 2 aliphatic heterocycles. The van der Waals surface area contributed by atoms with Crippen molar-refractivity contribution < 1.29 is 14.3 Å². The predicted molar refractivity (Wildman–Crippen MR) is 88.7 cm³/mol. The van der Waals surface area contributed by atoms with Gasteiger partial charge in [0.25, 0.3) is 5.91 Å². The van der Waals surface area contributed by atoms with Crippen molar-refractivity contribution in [2.24, 2.45) is 5.92 Å². The molecular weight excluding hydrogens is 326 g/mol. The SMILES string of the molecule is O=C(c1cscn1)N1CC2(C1)OCC[C@H]2COCc1ccncc1. The first-order valence-corrected chi connectivity index (χ1v) is 8.99. The lowest BCUT2D eigenvalue weighted by Crippen LogP contribution is -2.66. The maximum atomic E-state index is 12.3. The van der Waals surface area contributed by atoms with Crippen LogP contribution in [0.2, 0.25) is 0 Å². The number of ether oxygens (including phenoxy) is 2. The van der Waals surface area contributed by atoms with Gasteiger partial charge in [0, 0.05) is 30.3 Å². The molecule has 1 atom stereocenters. The highest BCUT2D eigenvalue weighted by Crippen LogP contribution is 2.40. The molecule has 1 spiro atoms. The molecule has 2 aliphatic rings. The second-order valence-electron chi connectivity index (χ2n) is 6.30. The molecule has 7 heteroatoms. The van der Waals surface area contributed by atoms with E-state index in [2.05, 4.69) is 9.97 Å². The molecule has 6 nitrogen and oxygen atoms in total. The Hall–Kier alpha value is -1.83. The Bertz CT molecular complexity index is 686. The van der Waals surface area contributed by atoms with E-state index in [1.54, 1.807) is 23.3 Å². The third kappa shape index (κ3) is 2.94. The molecule has 0 N–H and O–H groups in total.